The third-order valence-electron chi connectivity index (χ3n) is 2.81. The number of carbonyl (C=O) groups excluding carboxylic acids is 1. The first-order valence-corrected chi connectivity index (χ1v) is 7.25. The average Bonchev–Trinajstić information content (AvgIpc) is 2.39. The van der Waals surface area contributed by atoms with Crippen LogP contribution in [0.5, 0.6) is 0 Å². The summed E-state index contributed by atoms with van der Waals surface area (Å²) >= 11 is 1.72. The van der Waals surface area contributed by atoms with E-state index in [9.17, 15) is 4.79 Å². The largest absolute Gasteiger partial charge is 0.468 e. The second-order valence-electron chi connectivity index (χ2n) is 4.47. The molecule has 1 rings (SSSR count). The molecule has 0 aliphatic carbocycles. The van der Waals surface area contributed by atoms with Crippen LogP contribution < -0.4 is 5.32 Å². The first-order chi connectivity index (χ1) is 8.58. The Balaban J connectivity index is 2.58. The van der Waals surface area contributed by atoms with Crippen molar-refractivity contribution in [1.82, 2.24) is 5.32 Å². The van der Waals surface area contributed by atoms with Gasteiger partial charge >= 0.3 is 5.97 Å². The van der Waals surface area contributed by atoms with Crippen molar-refractivity contribution in [3.8, 4) is 0 Å². The smallest absolute Gasteiger partial charge is 0.323 e. The minimum Gasteiger partial charge on any atom is -0.468 e. The summed E-state index contributed by atoms with van der Waals surface area (Å²) in [6.45, 7) is 4.68. The summed E-state index contributed by atoms with van der Waals surface area (Å²) in [6, 6.07) is 8.07. The Bertz CT molecular complexity index is 376. The van der Waals surface area contributed by atoms with Gasteiger partial charge in [0.15, 0.2) is 0 Å². The minimum absolute atomic E-state index is 0.203. The monoisotopic (exact) mass is 267 g/mol. The van der Waals surface area contributed by atoms with Gasteiger partial charge in [-0.25, -0.2) is 0 Å². The molecule has 1 atom stereocenters. The van der Waals surface area contributed by atoms with Crippen LogP contribution >= 0.6 is 11.8 Å². The lowest BCUT2D eigenvalue weighted by atomic mass is 10.0. The Labute approximate surface area is 113 Å². The molecule has 0 bridgehead atoms. The van der Waals surface area contributed by atoms with Crippen LogP contribution in [0.4, 0.5) is 0 Å². The predicted octanol–water partition coefficient (Wildman–Crippen LogP) is 2.70. The molecule has 0 amide bonds. The first-order valence-electron chi connectivity index (χ1n) is 6.02. The third-order valence-corrected chi connectivity index (χ3v) is 3.55. The number of hydrogen-bond donors (Lipinski definition) is 1. The van der Waals surface area contributed by atoms with Gasteiger partial charge in [0.1, 0.15) is 6.04 Å². The van der Waals surface area contributed by atoms with Gasteiger partial charge in [0.05, 0.1) is 7.11 Å². The molecule has 100 valence electrons. The summed E-state index contributed by atoms with van der Waals surface area (Å²) in [7, 11) is 1.42. The second-order valence-corrected chi connectivity index (χ2v) is 5.35. The molecule has 0 aromatic heterocycles. The maximum atomic E-state index is 11.6. The van der Waals surface area contributed by atoms with Crippen molar-refractivity contribution in [3.05, 3.63) is 29.8 Å². The van der Waals surface area contributed by atoms with Gasteiger partial charge in [0.25, 0.3) is 0 Å². The van der Waals surface area contributed by atoms with Crippen LogP contribution in [0, 0.1) is 5.92 Å². The summed E-state index contributed by atoms with van der Waals surface area (Å²) in [6.07, 6.45) is 2.05. The highest BCUT2D eigenvalue weighted by atomic mass is 32.2. The normalized spacial score (nSPS) is 12.5. The SMILES string of the molecule is COC(=O)[C@H](NCc1ccc(SC)cc1)C(C)C. The summed E-state index contributed by atoms with van der Waals surface area (Å²) in [5.41, 5.74) is 1.17. The van der Waals surface area contributed by atoms with Crippen LogP contribution in [0.15, 0.2) is 29.2 Å². The number of hydrogen-bond acceptors (Lipinski definition) is 4. The zero-order chi connectivity index (χ0) is 13.5. The number of esters is 1. The lowest BCUT2D eigenvalue weighted by molar-refractivity contribution is -0.144. The molecule has 0 unspecified atom stereocenters. The number of carbonyl (C=O) groups is 1. The molecule has 0 aliphatic heterocycles. The quantitative estimate of drug-likeness (QED) is 0.635. The van der Waals surface area contributed by atoms with Gasteiger partial charge in [0.2, 0.25) is 0 Å². The zero-order valence-electron chi connectivity index (χ0n) is 11.4. The van der Waals surface area contributed by atoms with E-state index in [1.807, 2.05) is 13.8 Å². The van der Waals surface area contributed by atoms with Crippen molar-refractivity contribution in [2.75, 3.05) is 13.4 Å². The van der Waals surface area contributed by atoms with Crippen molar-refractivity contribution in [1.29, 1.82) is 0 Å². The fourth-order valence-corrected chi connectivity index (χ4v) is 2.10. The molecule has 0 fully saturated rings. The van der Waals surface area contributed by atoms with Gasteiger partial charge in [-0.15, -0.1) is 11.8 Å². The fourth-order valence-electron chi connectivity index (χ4n) is 1.69. The number of methoxy groups -OCH3 is 1. The van der Waals surface area contributed by atoms with Crippen LogP contribution in [-0.4, -0.2) is 25.4 Å². The van der Waals surface area contributed by atoms with Crippen molar-refractivity contribution < 1.29 is 9.53 Å². The molecule has 3 nitrogen and oxygen atoms in total. The van der Waals surface area contributed by atoms with E-state index in [1.165, 1.54) is 17.6 Å². The maximum absolute atomic E-state index is 11.6. The molecule has 0 spiro atoms. The minimum atomic E-state index is -0.254. The number of rotatable bonds is 6. The van der Waals surface area contributed by atoms with Gasteiger partial charge in [0, 0.05) is 11.4 Å². The topological polar surface area (TPSA) is 38.3 Å². The standard InChI is InChI=1S/C14H21NO2S/c1-10(2)13(14(16)17-3)15-9-11-5-7-12(18-4)8-6-11/h5-8,10,13,15H,9H2,1-4H3/t13-/m1/s1. The highest BCUT2D eigenvalue weighted by Crippen LogP contribution is 2.15. The number of benzene rings is 1. The Morgan fingerprint density at radius 3 is 2.39 bits per heavy atom. The molecule has 0 saturated carbocycles. The Morgan fingerprint density at radius 1 is 1.33 bits per heavy atom. The lowest BCUT2D eigenvalue weighted by Gasteiger charge is -2.19. The maximum Gasteiger partial charge on any atom is 0.323 e. The van der Waals surface area contributed by atoms with Gasteiger partial charge in [-0.05, 0) is 29.9 Å². The van der Waals surface area contributed by atoms with Crippen LogP contribution in [0.25, 0.3) is 0 Å². The van der Waals surface area contributed by atoms with Gasteiger partial charge < -0.3 is 10.1 Å². The molecule has 0 saturated heterocycles. The van der Waals surface area contributed by atoms with E-state index < -0.39 is 0 Å². The van der Waals surface area contributed by atoms with Crippen LogP contribution in [0.2, 0.25) is 0 Å². The van der Waals surface area contributed by atoms with E-state index in [0.717, 1.165) is 0 Å². The zero-order valence-corrected chi connectivity index (χ0v) is 12.2. The molecule has 4 heteroatoms. The van der Waals surface area contributed by atoms with E-state index in [-0.39, 0.29) is 17.9 Å². The number of ether oxygens (including phenoxy) is 1. The molecule has 1 aromatic rings. The number of thioether (sulfide) groups is 1. The van der Waals surface area contributed by atoms with E-state index in [2.05, 4.69) is 35.8 Å². The van der Waals surface area contributed by atoms with Crippen molar-refractivity contribution >= 4 is 17.7 Å². The van der Waals surface area contributed by atoms with Crippen LogP contribution in [0.1, 0.15) is 19.4 Å². The lowest BCUT2D eigenvalue weighted by Crippen LogP contribution is -2.41. The van der Waals surface area contributed by atoms with Crippen LogP contribution in [0.3, 0.4) is 0 Å². The van der Waals surface area contributed by atoms with Gasteiger partial charge in [-0.1, -0.05) is 26.0 Å². The summed E-state index contributed by atoms with van der Waals surface area (Å²) in [4.78, 5) is 12.8. The number of nitrogens with one attached hydrogen (secondary N) is 1. The van der Waals surface area contributed by atoms with Crippen molar-refractivity contribution in [2.45, 2.75) is 31.3 Å². The highest BCUT2D eigenvalue weighted by molar-refractivity contribution is 7.98. The molecule has 1 aromatic carbocycles. The fraction of sp³-hybridized carbons (Fsp3) is 0.500. The van der Waals surface area contributed by atoms with E-state index >= 15 is 0 Å². The average molecular weight is 267 g/mol. The molecule has 0 radical (unpaired) electrons. The molecule has 1 N–H and O–H groups in total. The Kier molecular flexibility index (Phi) is 6.22. The molecule has 0 aliphatic rings. The first kappa shape index (κ1) is 15.1. The molecular weight excluding hydrogens is 246 g/mol. The summed E-state index contributed by atoms with van der Waals surface area (Å²) in [5, 5.41) is 3.24. The van der Waals surface area contributed by atoms with E-state index in [4.69, 9.17) is 4.74 Å². The molecule has 0 heterocycles. The third kappa shape index (κ3) is 4.35. The molecular formula is C14H21NO2S. The van der Waals surface area contributed by atoms with E-state index in [0.29, 0.717) is 6.54 Å². The second kappa shape index (κ2) is 7.44. The Morgan fingerprint density at radius 2 is 1.94 bits per heavy atom. The Hall–Kier alpha value is -1.00. The molecule has 18 heavy (non-hydrogen) atoms. The van der Waals surface area contributed by atoms with Gasteiger partial charge in [-0.3, -0.25) is 4.79 Å². The highest BCUT2D eigenvalue weighted by Gasteiger charge is 2.21. The summed E-state index contributed by atoms with van der Waals surface area (Å²) in [5.74, 6) is 0.00801. The van der Waals surface area contributed by atoms with Crippen molar-refractivity contribution in [2.24, 2.45) is 5.92 Å². The predicted molar refractivity (Wildman–Crippen MR) is 75.7 cm³/mol. The summed E-state index contributed by atoms with van der Waals surface area (Å²) < 4.78 is 4.79. The van der Waals surface area contributed by atoms with Crippen molar-refractivity contribution in [3.63, 3.8) is 0 Å². The van der Waals surface area contributed by atoms with Crippen LogP contribution in [-0.2, 0) is 16.1 Å². The van der Waals surface area contributed by atoms with Gasteiger partial charge in [-0.2, -0.15) is 0 Å². The van der Waals surface area contributed by atoms with E-state index in [1.54, 1.807) is 11.8 Å².